The summed E-state index contributed by atoms with van der Waals surface area (Å²) in [7, 11) is 0. The van der Waals surface area contributed by atoms with Crippen LogP contribution in [0.5, 0.6) is 5.88 Å². The SMILES string of the molecule is Clc1ccc(-n2nc3c(cnc4ccc(-n5cccn5)cc43)c2OCC2CC2)cc1. The van der Waals surface area contributed by atoms with E-state index in [1.165, 1.54) is 12.8 Å². The lowest BCUT2D eigenvalue weighted by molar-refractivity contribution is 0.283. The predicted octanol–water partition coefficient (Wildman–Crippen LogP) is 5.20. The summed E-state index contributed by atoms with van der Waals surface area (Å²) in [5.41, 5.74) is 3.60. The first kappa shape index (κ1) is 17.5. The Labute approximate surface area is 177 Å². The van der Waals surface area contributed by atoms with Crippen molar-refractivity contribution in [3.05, 3.63) is 72.1 Å². The minimum atomic E-state index is 0.633. The number of ether oxygens (including phenoxy) is 1. The summed E-state index contributed by atoms with van der Waals surface area (Å²) in [4.78, 5) is 4.67. The minimum Gasteiger partial charge on any atom is -0.477 e. The average molecular weight is 416 g/mol. The van der Waals surface area contributed by atoms with Gasteiger partial charge in [-0.25, -0.2) is 4.68 Å². The van der Waals surface area contributed by atoms with Crippen LogP contribution in [0.1, 0.15) is 12.8 Å². The molecule has 0 unspecified atom stereocenters. The van der Waals surface area contributed by atoms with Crippen LogP contribution in [0.25, 0.3) is 33.2 Å². The van der Waals surface area contributed by atoms with E-state index in [-0.39, 0.29) is 0 Å². The van der Waals surface area contributed by atoms with E-state index in [1.54, 1.807) is 6.20 Å². The molecule has 0 amide bonds. The normalized spacial score (nSPS) is 13.9. The number of hydrogen-bond donors (Lipinski definition) is 0. The Hall–Kier alpha value is -3.38. The number of halogens is 1. The van der Waals surface area contributed by atoms with Crippen molar-refractivity contribution in [1.82, 2.24) is 24.5 Å². The fraction of sp³-hybridized carbons (Fsp3) is 0.174. The van der Waals surface area contributed by atoms with E-state index < -0.39 is 0 Å². The summed E-state index contributed by atoms with van der Waals surface area (Å²) in [6.45, 7) is 0.694. The third-order valence-electron chi connectivity index (χ3n) is 5.44. The van der Waals surface area contributed by atoms with Gasteiger partial charge in [0.05, 0.1) is 28.9 Å². The number of nitrogens with zero attached hydrogens (tertiary/aromatic N) is 5. The second-order valence-corrected chi connectivity index (χ2v) is 8.06. The highest BCUT2D eigenvalue weighted by Crippen LogP contribution is 2.36. The zero-order valence-electron chi connectivity index (χ0n) is 16.1. The van der Waals surface area contributed by atoms with Gasteiger partial charge in [0.25, 0.3) is 0 Å². The van der Waals surface area contributed by atoms with Crippen molar-refractivity contribution in [3.63, 3.8) is 0 Å². The van der Waals surface area contributed by atoms with E-state index in [2.05, 4.69) is 16.1 Å². The number of hydrogen-bond acceptors (Lipinski definition) is 4. The molecule has 2 aromatic carbocycles. The fourth-order valence-electron chi connectivity index (χ4n) is 3.63. The Morgan fingerprint density at radius 1 is 1.03 bits per heavy atom. The van der Waals surface area contributed by atoms with E-state index in [1.807, 2.05) is 64.2 Å². The van der Waals surface area contributed by atoms with Crippen molar-refractivity contribution >= 4 is 33.4 Å². The van der Waals surface area contributed by atoms with E-state index in [0.29, 0.717) is 17.5 Å². The molecule has 1 aliphatic rings. The Kier molecular flexibility index (Phi) is 3.99. The highest BCUT2D eigenvalue weighted by molar-refractivity contribution is 6.30. The molecule has 30 heavy (non-hydrogen) atoms. The van der Waals surface area contributed by atoms with Crippen molar-refractivity contribution in [3.8, 4) is 17.3 Å². The molecular formula is C23H18ClN5O. The standard InChI is InChI=1S/C23H18ClN5O/c24-16-4-6-17(7-5-16)29-23(30-14-15-2-3-15)20-13-25-21-9-8-18(28-11-1-10-26-28)12-19(21)22(20)27-29/h1,4-13,15H,2-3,14H2. The van der Waals surface area contributed by atoms with E-state index in [0.717, 1.165) is 39.1 Å². The van der Waals surface area contributed by atoms with Crippen LogP contribution in [-0.2, 0) is 0 Å². The molecule has 0 radical (unpaired) electrons. The molecule has 3 aromatic heterocycles. The molecule has 1 fully saturated rings. The quantitative estimate of drug-likeness (QED) is 0.396. The van der Waals surface area contributed by atoms with Gasteiger partial charge >= 0.3 is 0 Å². The van der Waals surface area contributed by atoms with Gasteiger partial charge in [0.15, 0.2) is 0 Å². The smallest absolute Gasteiger partial charge is 0.226 e. The van der Waals surface area contributed by atoms with Crippen molar-refractivity contribution in [2.24, 2.45) is 5.92 Å². The number of fused-ring (bicyclic) bond motifs is 3. The maximum Gasteiger partial charge on any atom is 0.226 e. The van der Waals surface area contributed by atoms with Gasteiger partial charge in [0.1, 0.15) is 5.52 Å². The molecule has 7 heteroatoms. The highest BCUT2D eigenvalue weighted by Gasteiger charge is 2.24. The third kappa shape index (κ3) is 3.00. The first-order valence-corrected chi connectivity index (χ1v) is 10.3. The van der Waals surface area contributed by atoms with Crippen LogP contribution in [-0.4, -0.2) is 31.2 Å². The zero-order valence-corrected chi connectivity index (χ0v) is 16.8. The van der Waals surface area contributed by atoms with E-state index in [9.17, 15) is 0 Å². The topological polar surface area (TPSA) is 57.8 Å². The summed E-state index contributed by atoms with van der Waals surface area (Å²) in [6.07, 6.45) is 7.99. The molecule has 0 aliphatic heterocycles. The molecule has 0 saturated heterocycles. The molecule has 0 spiro atoms. The van der Waals surface area contributed by atoms with Gasteiger partial charge in [-0.15, -0.1) is 0 Å². The van der Waals surface area contributed by atoms with Crippen LogP contribution >= 0.6 is 11.6 Å². The lowest BCUT2D eigenvalue weighted by atomic mass is 10.1. The summed E-state index contributed by atoms with van der Waals surface area (Å²) >= 11 is 6.09. The Morgan fingerprint density at radius 2 is 1.87 bits per heavy atom. The molecule has 1 saturated carbocycles. The zero-order chi connectivity index (χ0) is 20.1. The van der Waals surface area contributed by atoms with Gasteiger partial charge in [0.2, 0.25) is 5.88 Å². The molecule has 0 atom stereocenters. The van der Waals surface area contributed by atoms with Crippen LogP contribution < -0.4 is 4.74 Å². The fourth-order valence-corrected chi connectivity index (χ4v) is 3.76. The van der Waals surface area contributed by atoms with Gasteiger partial charge in [-0.2, -0.15) is 14.9 Å². The molecule has 6 nitrogen and oxygen atoms in total. The van der Waals surface area contributed by atoms with Gasteiger partial charge in [-0.3, -0.25) is 4.98 Å². The molecule has 3 heterocycles. The van der Waals surface area contributed by atoms with Crippen LogP contribution in [0.3, 0.4) is 0 Å². The van der Waals surface area contributed by atoms with E-state index >= 15 is 0 Å². The lowest BCUT2D eigenvalue weighted by Gasteiger charge is -2.09. The third-order valence-corrected chi connectivity index (χ3v) is 5.69. The predicted molar refractivity (Wildman–Crippen MR) is 117 cm³/mol. The summed E-state index contributed by atoms with van der Waals surface area (Å²) in [6, 6.07) is 15.6. The molecule has 5 aromatic rings. The van der Waals surface area contributed by atoms with Gasteiger partial charge in [0, 0.05) is 29.0 Å². The van der Waals surface area contributed by atoms with Gasteiger partial charge < -0.3 is 4.74 Å². The first-order chi connectivity index (χ1) is 14.8. The number of aromatic nitrogens is 5. The van der Waals surface area contributed by atoms with Crippen LogP contribution in [0.4, 0.5) is 0 Å². The van der Waals surface area contributed by atoms with Crippen molar-refractivity contribution in [2.75, 3.05) is 6.61 Å². The maximum atomic E-state index is 6.26. The largest absolute Gasteiger partial charge is 0.477 e. The lowest BCUT2D eigenvalue weighted by Crippen LogP contribution is -2.05. The van der Waals surface area contributed by atoms with E-state index in [4.69, 9.17) is 21.4 Å². The number of rotatable bonds is 5. The monoisotopic (exact) mass is 415 g/mol. The molecule has 0 bridgehead atoms. The highest BCUT2D eigenvalue weighted by atomic mass is 35.5. The number of benzene rings is 2. The Morgan fingerprint density at radius 3 is 2.63 bits per heavy atom. The summed E-state index contributed by atoms with van der Waals surface area (Å²) in [5.74, 6) is 1.35. The number of pyridine rings is 1. The molecule has 0 N–H and O–H groups in total. The Bertz CT molecular complexity index is 1350. The van der Waals surface area contributed by atoms with Gasteiger partial charge in [-0.1, -0.05) is 11.6 Å². The maximum absolute atomic E-state index is 6.26. The molecule has 6 rings (SSSR count). The van der Waals surface area contributed by atoms with Gasteiger partial charge in [-0.05, 0) is 67.3 Å². The van der Waals surface area contributed by atoms with Crippen molar-refractivity contribution in [2.45, 2.75) is 12.8 Å². The second kappa shape index (κ2) is 6.85. The minimum absolute atomic E-state index is 0.633. The van der Waals surface area contributed by atoms with Crippen LogP contribution in [0, 0.1) is 5.92 Å². The van der Waals surface area contributed by atoms with Crippen LogP contribution in [0.15, 0.2) is 67.1 Å². The second-order valence-electron chi connectivity index (χ2n) is 7.62. The summed E-state index contributed by atoms with van der Waals surface area (Å²) in [5, 5.41) is 11.8. The summed E-state index contributed by atoms with van der Waals surface area (Å²) < 4.78 is 9.94. The molecule has 1 aliphatic carbocycles. The van der Waals surface area contributed by atoms with Crippen LogP contribution in [0.2, 0.25) is 5.02 Å². The van der Waals surface area contributed by atoms with Crippen molar-refractivity contribution < 1.29 is 4.74 Å². The average Bonchev–Trinajstić information content (AvgIpc) is 3.29. The van der Waals surface area contributed by atoms with Crippen molar-refractivity contribution in [1.29, 1.82) is 0 Å². The molecule has 148 valence electrons. The Balaban J connectivity index is 1.57. The molecular weight excluding hydrogens is 398 g/mol. The first-order valence-electron chi connectivity index (χ1n) is 9.96.